The van der Waals surface area contributed by atoms with E-state index in [0.29, 0.717) is 17.9 Å². The molecule has 0 fully saturated rings. The van der Waals surface area contributed by atoms with E-state index in [0.717, 1.165) is 27.3 Å². The molecule has 0 unspecified atom stereocenters. The maximum absolute atomic E-state index is 11.5. The summed E-state index contributed by atoms with van der Waals surface area (Å²) in [6.45, 7) is 6.97. The lowest BCUT2D eigenvalue weighted by atomic mass is 10.1. The standard InChI is InChI=1S/C15H19N3O2S2/c1-4-16-14-17-18-15(22-14)21-9-12-8-11(10(3)19)6-7-13(12)20-5-2/h6-8H,4-5,9H2,1-3H3,(H,16,17). The Balaban J connectivity index is 2.11. The van der Waals surface area contributed by atoms with Crippen LogP contribution in [0.5, 0.6) is 5.75 Å². The van der Waals surface area contributed by atoms with E-state index < -0.39 is 0 Å². The van der Waals surface area contributed by atoms with E-state index in [4.69, 9.17) is 4.74 Å². The highest BCUT2D eigenvalue weighted by Crippen LogP contribution is 2.32. The Hall–Kier alpha value is -1.60. The van der Waals surface area contributed by atoms with Crippen LogP contribution in [0.15, 0.2) is 22.5 Å². The number of carbonyl (C=O) groups excluding carboxylic acids is 1. The number of anilines is 1. The zero-order valence-corrected chi connectivity index (χ0v) is 14.5. The molecule has 0 aliphatic heterocycles. The molecular formula is C15H19N3O2S2. The number of carbonyl (C=O) groups is 1. The second-order valence-corrected chi connectivity index (χ2v) is 6.70. The van der Waals surface area contributed by atoms with Crippen molar-refractivity contribution in [1.29, 1.82) is 0 Å². The molecule has 7 heteroatoms. The normalized spacial score (nSPS) is 10.5. The summed E-state index contributed by atoms with van der Waals surface area (Å²) in [6.07, 6.45) is 0. The number of hydrogen-bond donors (Lipinski definition) is 1. The van der Waals surface area contributed by atoms with Crippen LogP contribution in [-0.4, -0.2) is 29.1 Å². The molecule has 5 nitrogen and oxygen atoms in total. The molecule has 0 bridgehead atoms. The molecule has 0 aliphatic rings. The first-order valence-corrected chi connectivity index (χ1v) is 8.91. The summed E-state index contributed by atoms with van der Waals surface area (Å²) in [5.74, 6) is 1.56. The number of hydrogen-bond acceptors (Lipinski definition) is 7. The molecule has 2 rings (SSSR count). The molecule has 2 aromatic rings. The summed E-state index contributed by atoms with van der Waals surface area (Å²) >= 11 is 3.12. The second-order valence-electron chi connectivity index (χ2n) is 4.50. The van der Waals surface area contributed by atoms with Crippen molar-refractivity contribution < 1.29 is 9.53 Å². The third kappa shape index (κ3) is 4.45. The predicted octanol–water partition coefficient (Wildman–Crippen LogP) is 3.86. The fraction of sp³-hybridized carbons (Fsp3) is 0.400. The van der Waals surface area contributed by atoms with Gasteiger partial charge in [-0.3, -0.25) is 4.79 Å². The Labute approximate surface area is 138 Å². The van der Waals surface area contributed by atoms with E-state index >= 15 is 0 Å². The molecule has 0 saturated carbocycles. The van der Waals surface area contributed by atoms with Gasteiger partial charge in [-0.1, -0.05) is 23.1 Å². The number of aromatic nitrogens is 2. The van der Waals surface area contributed by atoms with Crippen LogP contribution in [0.2, 0.25) is 0 Å². The zero-order valence-electron chi connectivity index (χ0n) is 12.9. The van der Waals surface area contributed by atoms with Gasteiger partial charge in [0.1, 0.15) is 5.75 Å². The smallest absolute Gasteiger partial charge is 0.206 e. The van der Waals surface area contributed by atoms with Crippen molar-refractivity contribution in [1.82, 2.24) is 10.2 Å². The van der Waals surface area contributed by atoms with Crippen molar-refractivity contribution in [2.75, 3.05) is 18.5 Å². The molecule has 1 N–H and O–H groups in total. The number of nitrogens with one attached hydrogen (secondary N) is 1. The lowest BCUT2D eigenvalue weighted by Crippen LogP contribution is -1.99. The Morgan fingerprint density at radius 3 is 2.86 bits per heavy atom. The van der Waals surface area contributed by atoms with Crippen LogP contribution in [0.25, 0.3) is 0 Å². The Kier molecular flexibility index (Phi) is 6.21. The van der Waals surface area contributed by atoms with E-state index in [-0.39, 0.29) is 5.78 Å². The first-order valence-electron chi connectivity index (χ1n) is 7.10. The van der Waals surface area contributed by atoms with Crippen molar-refractivity contribution >= 4 is 34.0 Å². The highest BCUT2D eigenvalue weighted by atomic mass is 32.2. The molecular weight excluding hydrogens is 318 g/mol. The molecule has 118 valence electrons. The number of thioether (sulfide) groups is 1. The summed E-state index contributed by atoms with van der Waals surface area (Å²) in [5.41, 5.74) is 1.70. The Bertz CT molecular complexity index is 643. The fourth-order valence-electron chi connectivity index (χ4n) is 1.84. The van der Waals surface area contributed by atoms with Crippen molar-refractivity contribution in [2.24, 2.45) is 0 Å². The van der Waals surface area contributed by atoms with E-state index in [9.17, 15) is 4.79 Å². The first-order chi connectivity index (χ1) is 10.6. The van der Waals surface area contributed by atoms with Gasteiger partial charge in [-0.25, -0.2) is 0 Å². The summed E-state index contributed by atoms with van der Waals surface area (Å²) in [7, 11) is 0. The Morgan fingerprint density at radius 2 is 2.18 bits per heavy atom. The average Bonchev–Trinajstić information content (AvgIpc) is 2.94. The van der Waals surface area contributed by atoms with E-state index in [1.807, 2.05) is 26.0 Å². The van der Waals surface area contributed by atoms with Crippen LogP contribution in [0.3, 0.4) is 0 Å². The maximum Gasteiger partial charge on any atom is 0.206 e. The summed E-state index contributed by atoms with van der Waals surface area (Å²) < 4.78 is 6.53. The monoisotopic (exact) mass is 337 g/mol. The molecule has 1 aromatic carbocycles. The van der Waals surface area contributed by atoms with Gasteiger partial charge in [0.25, 0.3) is 0 Å². The molecule has 0 spiro atoms. The second kappa shape index (κ2) is 8.14. The molecule has 0 saturated heterocycles. The van der Waals surface area contributed by atoms with Gasteiger partial charge in [0.15, 0.2) is 10.1 Å². The van der Waals surface area contributed by atoms with Crippen LogP contribution in [0.1, 0.15) is 36.7 Å². The van der Waals surface area contributed by atoms with E-state index in [1.165, 1.54) is 11.3 Å². The van der Waals surface area contributed by atoms with Gasteiger partial charge >= 0.3 is 0 Å². The minimum absolute atomic E-state index is 0.0552. The molecule has 0 amide bonds. The van der Waals surface area contributed by atoms with E-state index in [2.05, 4.69) is 15.5 Å². The van der Waals surface area contributed by atoms with Gasteiger partial charge in [0, 0.05) is 23.4 Å². The number of benzene rings is 1. The SMILES string of the molecule is CCNc1nnc(SCc2cc(C(C)=O)ccc2OCC)s1. The van der Waals surface area contributed by atoms with Crippen molar-refractivity contribution in [3.05, 3.63) is 29.3 Å². The number of ketones is 1. The summed E-state index contributed by atoms with van der Waals surface area (Å²) in [5, 5.41) is 12.2. The largest absolute Gasteiger partial charge is 0.494 e. The molecule has 1 aromatic heterocycles. The average molecular weight is 337 g/mol. The van der Waals surface area contributed by atoms with Crippen LogP contribution in [-0.2, 0) is 5.75 Å². The summed E-state index contributed by atoms with van der Waals surface area (Å²) in [4.78, 5) is 11.5. The highest BCUT2D eigenvalue weighted by molar-refractivity contribution is 8.00. The topological polar surface area (TPSA) is 64.1 Å². The van der Waals surface area contributed by atoms with Crippen LogP contribution < -0.4 is 10.1 Å². The van der Waals surface area contributed by atoms with Crippen molar-refractivity contribution in [3.63, 3.8) is 0 Å². The van der Waals surface area contributed by atoms with Gasteiger partial charge in [-0.2, -0.15) is 0 Å². The van der Waals surface area contributed by atoms with Crippen LogP contribution in [0, 0.1) is 0 Å². The van der Waals surface area contributed by atoms with Gasteiger partial charge in [-0.05, 0) is 39.0 Å². The first kappa shape index (κ1) is 16.8. The number of nitrogens with zero attached hydrogens (tertiary/aromatic N) is 2. The lowest BCUT2D eigenvalue weighted by molar-refractivity contribution is 0.101. The lowest BCUT2D eigenvalue weighted by Gasteiger charge is -2.10. The molecule has 22 heavy (non-hydrogen) atoms. The van der Waals surface area contributed by atoms with Gasteiger partial charge in [0.2, 0.25) is 5.13 Å². The minimum Gasteiger partial charge on any atom is -0.494 e. The minimum atomic E-state index is 0.0552. The van der Waals surface area contributed by atoms with Gasteiger partial charge in [-0.15, -0.1) is 10.2 Å². The maximum atomic E-state index is 11.5. The number of ether oxygens (including phenoxy) is 1. The van der Waals surface area contributed by atoms with Crippen molar-refractivity contribution in [3.8, 4) is 5.75 Å². The third-order valence-electron chi connectivity index (χ3n) is 2.85. The molecule has 0 atom stereocenters. The summed E-state index contributed by atoms with van der Waals surface area (Å²) in [6, 6.07) is 5.56. The van der Waals surface area contributed by atoms with Gasteiger partial charge in [0.05, 0.1) is 6.61 Å². The van der Waals surface area contributed by atoms with Crippen molar-refractivity contribution in [2.45, 2.75) is 30.9 Å². The Morgan fingerprint density at radius 1 is 1.36 bits per heavy atom. The van der Waals surface area contributed by atoms with Crippen LogP contribution >= 0.6 is 23.1 Å². The molecule has 0 radical (unpaired) electrons. The quantitative estimate of drug-likeness (QED) is 0.583. The number of Topliss-reactive ketones (excluding diaryl/α,β-unsaturated/α-hetero) is 1. The molecule has 0 aliphatic carbocycles. The van der Waals surface area contributed by atoms with Crippen LogP contribution in [0.4, 0.5) is 5.13 Å². The zero-order chi connectivity index (χ0) is 15.9. The highest BCUT2D eigenvalue weighted by Gasteiger charge is 2.10. The van der Waals surface area contributed by atoms with Gasteiger partial charge < -0.3 is 10.1 Å². The number of rotatable bonds is 8. The predicted molar refractivity (Wildman–Crippen MR) is 91.2 cm³/mol. The molecule has 1 heterocycles. The fourth-order valence-corrected chi connectivity index (χ4v) is 3.64. The van der Waals surface area contributed by atoms with E-state index in [1.54, 1.807) is 24.8 Å². The third-order valence-corrected chi connectivity index (χ3v) is 4.92.